The Balaban J connectivity index is 0. The first kappa shape index (κ1) is 17.6. The zero-order valence-electron chi connectivity index (χ0n) is 10.1. The van der Waals surface area contributed by atoms with Crippen LogP contribution in [0.25, 0.3) is 0 Å². The van der Waals surface area contributed by atoms with Crippen LogP contribution < -0.4 is 5.73 Å². The van der Waals surface area contributed by atoms with E-state index in [0.29, 0.717) is 5.92 Å². The molecule has 0 aromatic rings. The maximum Gasteiger partial charge on any atom is 2.00 e. The molecule has 0 fully saturated rings. The van der Waals surface area contributed by atoms with E-state index in [2.05, 4.69) is 31.5 Å². The summed E-state index contributed by atoms with van der Waals surface area (Å²) in [6, 6.07) is 0. The van der Waals surface area contributed by atoms with Gasteiger partial charge in [0.2, 0.25) is 0 Å². The Morgan fingerprint density at radius 1 is 1.62 bits per heavy atom. The van der Waals surface area contributed by atoms with Crippen LogP contribution in [0, 0.1) is 18.4 Å². The number of nitrogens with two attached hydrogens (primary N) is 1. The molecule has 0 aliphatic carbocycles. The fraction of sp³-hybridized carbons (Fsp3) is 0.385. The molecule has 0 radical (unpaired) electrons. The molecule has 3 heteroatoms. The van der Waals surface area contributed by atoms with Crippen LogP contribution in [0.1, 0.15) is 27.2 Å². The molecule has 16 heavy (non-hydrogen) atoms. The second kappa shape index (κ2) is 10.7. The van der Waals surface area contributed by atoms with Crippen molar-refractivity contribution in [1.29, 1.82) is 0 Å². The molecule has 0 atom stereocenters. The van der Waals surface area contributed by atoms with Gasteiger partial charge in [0.25, 0.3) is 0 Å². The van der Waals surface area contributed by atoms with Crippen molar-refractivity contribution in [3.8, 4) is 0 Å². The average molecular weight is 311 g/mol. The van der Waals surface area contributed by atoms with Gasteiger partial charge in [0.15, 0.2) is 0 Å². The third kappa shape index (κ3) is 8.52. The standard InChI is InChI=1S/C9H13N2.C4H7.Pd/c1-7(2)3-9-4-8(5-10)6-11-9;1-3-4-2;/h5-7H,3,10H2,1-2H3;3-4H,1H2,2H3;/q2*-1;+2. The van der Waals surface area contributed by atoms with Gasteiger partial charge in [-0.25, -0.2) is 19.1 Å². The van der Waals surface area contributed by atoms with Gasteiger partial charge in [0, 0.05) is 0 Å². The molecule has 92 valence electrons. The molecule has 1 aliphatic rings. The second-order valence-electron chi connectivity index (χ2n) is 3.62. The van der Waals surface area contributed by atoms with E-state index >= 15 is 0 Å². The van der Waals surface area contributed by atoms with Gasteiger partial charge in [-0.05, 0) is 18.0 Å². The Hall–Kier alpha value is -0.778. The molecule has 0 bridgehead atoms. The molecular formula is C13H20N2Pd. The van der Waals surface area contributed by atoms with Crippen LogP contribution in [-0.4, -0.2) is 6.21 Å². The fourth-order valence-corrected chi connectivity index (χ4v) is 0.954. The summed E-state index contributed by atoms with van der Waals surface area (Å²) in [7, 11) is 0. The first-order chi connectivity index (χ1) is 7.13. The Morgan fingerprint density at radius 3 is 2.50 bits per heavy atom. The van der Waals surface area contributed by atoms with Gasteiger partial charge in [-0.1, -0.05) is 20.1 Å². The summed E-state index contributed by atoms with van der Waals surface area (Å²) in [4.78, 5) is 4.16. The molecule has 1 rings (SSSR count). The molecule has 0 saturated carbocycles. The SMILES string of the molecule is C=C[CH-]C.CC(C)CC1=[C-]C(=CN)C=N1.[Pd+2]. The molecule has 1 aliphatic heterocycles. The van der Waals surface area contributed by atoms with E-state index in [9.17, 15) is 0 Å². The smallest absolute Gasteiger partial charge is 0.455 e. The predicted molar refractivity (Wildman–Crippen MR) is 67.1 cm³/mol. The molecule has 2 N–H and O–H groups in total. The number of hydrogen-bond donors (Lipinski definition) is 1. The van der Waals surface area contributed by atoms with Crippen LogP contribution in [0.5, 0.6) is 0 Å². The Bertz CT molecular complexity index is 276. The zero-order valence-corrected chi connectivity index (χ0v) is 11.7. The topological polar surface area (TPSA) is 38.4 Å². The third-order valence-electron chi connectivity index (χ3n) is 1.66. The van der Waals surface area contributed by atoms with Gasteiger partial charge < -0.3 is 10.7 Å². The summed E-state index contributed by atoms with van der Waals surface area (Å²) in [5.41, 5.74) is 7.20. The van der Waals surface area contributed by atoms with Crippen LogP contribution in [0.15, 0.2) is 35.1 Å². The number of hydrogen-bond acceptors (Lipinski definition) is 2. The summed E-state index contributed by atoms with van der Waals surface area (Å²) in [6.07, 6.45) is 11.0. The van der Waals surface area contributed by atoms with Crippen molar-refractivity contribution in [2.45, 2.75) is 27.2 Å². The maximum atomic E-state index is 5.30. The minimum Gasteiger partial charge on any atom is -0.455 e. The van der Waals surface area contributed by atoms with Crippen LogP contribution >= 0.6 is 0 Å². The van der Waals surface area contributed by atoms with E-state index in [-0.39, 0.29) is 20.4 Å². The summed E-state index contributed by atoms with van der Waals surface area (Å²) in [6.45, 7) is 9.68. The van der Waals surface area contributed by atoms with E-state index in [1.165, 1.54) is 6.20 Å². The van der Waals surface area contributed by atoms with Gasteiger partial charge in [0.05, 0.1) is 0 Å². The summed E-state index contributed by atoms with van der Waals surface area (Å²) < 4.78 is 0. The molecule has 0 aromatic carbocycles. The fourth-order valence-electron chi connectivity index (χ4n) is 0.954. The number of rotatable bonds is 3. The van der Waals surface area contributed by atoms with Crippen molar-refractivity contribution in [3.05, 3.63) is 42.6 Å². The minimum atomic E-state index is 0. The van der Waals surface area contributed by atoms with Crippen molar-refractivity contribution in [3.63, 3.8) is 0 Å². The van der Waals surface area contributed by atoms with Crippen LogP contribution in [0.4, 0.5) is 0 Å². The van der Waals surface area contributed by atoms with E-state index < -0.39 is 0 Å². The van der Waals surface area contributed by atoms with Gasteiger partial charge in [-0.2, -0.15) is 11.6 Å². The number of allylic oxidation sites excluding steroid dienone is 4. The van der Waals surface area contributed by atoms with Crippen LogP contribution in [-0.2, 0) is 20.4 Å². The molecule has 1 heterocycles. The number of aliphatic imine (C=N–C) groups is 1. The molecule has 0 aromatic heterocycles. The van der Waals surface area contributed by atoms with Gasteiger partial charge >= 0.3 is 20.4 Å². The van der Waals surface area contributed by atoms with E-state index in [1.807, 2.05) is 13.3 Å². The Morgan fingerprint density at radius 2 is 2.19 bits per heavy atom. The van der Waals surface area contributed by atoms with Gasteiger partial charge in [0.1, 0.15) is 0 Å². The van der Waals surface area contributed by atoms with Crippen molar-refractivity contribution >= 4 is 6.21 Å². The quantitative estimate of drug-likeness (QED) is 0.631. The van der Waals surface area contributed by atoms with Crippen molar-refractivity contribution in [2.75, 3.05) is 0 Å². The molecule has 0 spiro atoms. The Kier molecular flexibility index (Phi) is 11.8. The normalized spacial score (nSPS) is 15.0. The molecule has 0 amide bonds. The summed E-state index contributed by atoms with van der Waals surface area (Å²) >= 11 is 0. The van der Waals surface area contributed by atoms with Crippen LogP contribution in [0.2, 0.25) is 0 Å². The summed E-state index contributed by atoms with van der Waals surface area (Å²) in [5, 5.41) is 0. The van der Waals surface area contributed by atoms with Crippen molar-refractivity contribution < 1.29 is 20.4 Å². The molecule has 2 nitrogen and oxygen atoms in total. The monoisotopic (exact) mass is 310 g/mol. The van der Waals surface area contributed by atoms with Gasteiger partial charge in [-0.3, -0.25) is 0 Å². The van der Waals surface area contributed by atoms with E-state index in [0.717, 1.165) is 17.7 Å². The number of nitrogens with zero attached hydrogens (tertiary/aromatic N) is 1. The minimum absolute atomic E-state index is 0. The average Bonchev–Trinajstić information content (AvgIpc) is 2.65. The van der Waals surface area contributed by atoms with E-state index in [1.54, 1.807) is 12.3 Å². The van der Waals surface area contributed by atoms with Gasteiger partial charge in [-0.15, -0.1) is 13.1 Å². The first-order valence-electron chi connectivity index (χ1n) is 5.13. The molecular weight excluding hydrogens is 291 g/mol. The maximum absolute atomic E-state index is 5.30. The molecule has 0 unspecified atom stereocenters. The summed E-state index contributed by atoms with van der Waals surface area (Å²) in [5.74, 6) is 0.631. The Labute approximate surface area is 113 Å². The first-order valence-corrected chi connectivity index (χ1v) is 5.13. The third-order valence-corrected chi connectivity index (χ3v) is 1.66. The van der Waals surface area contributed by atoms with Crippen molar-refractivity contribution in [2.24, 2.45) is 16.6 Å². The largest absolute Gasteiger partial charge is 2.00 e. The van der Waals surface area contributed by atoms with Crippen molar-refractivity contribution in [1.82, 2.24) is 0 Å². The zero-order chi connectivity index (χ0) is 11.7. The second-order valence-corrected chi connectivity index (χ2v) is 3.62. The molecule has 0 saturated heterocycles. The van der Waals surface area contributed by atoms with Crippen LogP contribution in [0.3, 0.4) is 0 Å². The van der Waals surface area contributed by atoms with E-state index in [4.69, 9.17) is 5.73 Å². The predicted octanol–water partition coefficient (Wildman–Crippen LogP) is 3.04.